The highest BCUT2D eigenvalue weighted by Crippen LogP contribution is 2.44. The Balaban J connectivity index is 1.27. The molecule has 4 atom stereocenters. The van der Waals surface area contributed by atoms with Crippen molar-refractivity contribution in [3.63, 3.8) is 0 Å². The van der Waals surface area contributed by atoms with Crippen LogP contribution in [0.1, 0.15) is 29.8 Å². The Hall–Kier alpha value is -5.69. The Labute approximate surface area is 281 Å². The molecule has 1 saturated heterocycles. The van der Waals surface area contributed by atoms with Crippen molar-refractivity contribution < 1.29 is 33.0 Å². The Morgan fingerprint density at radius 1 is 0.857 bits per heavy atom. The summed E-state index contributed by atoms with van der Waals surface area (Å²) in [7, 11) is 1.63. The largest absolute Gasteiger partial charge is 0.463 e. The van der Waals surface area contributed by atoms with Crippen LogP contribution in [-0.4, -0.2) is 68.9 Å². The number of imidazole rings is 1. The second-order valence-electron chi connectivity index (χ2n) is 11.8. The van der Waals surface area contributed by atoms with Gasteiger partial charge in [0, 0.05) is 7.05 Å². The summed E-state index contributed by atoms with van der Waals surface area (Å²) >= 11 is 0. The molecule has 5 aromatic rings. The van der Waals surface area contributed by atoms with Crippen LogP contribution in [0, 0.1) is 0 Å². The molecular weight excluding hydrogens is 631 g/mol. The van der Waals surface area contributed by atoms with Gasteiger partial charge in [-0.15, -0.1) is 0 Å². The van der Waals surface area contributed by atoms with Crippen molar-refractivity contribution in [2.75, 3.05) is 24.3 Å². The van der Waals surface area contributed by atoms with Crippen LogP contribution in [-0.2, 0) is 47.9 Å². The van der Waals surface area contributed by atoms with Crippen molar-refractivity contribution in [3.8, 4) is 0 Å². The van der Waals surface area contributed by atoms with E-state index in [2.05, 4.69) is 25.6 Å². The highest BCUT2D eigenvalue weighted by Gasteiger charge is 2.58. The fraction of sp³-hybridized carbons (Fsp3) is 0.278. The lowest BCUT2D eigenvalue weighted by Crippen LogP contribution is -2.44. The molecule has 0 saturated carbocycles. The van der Waals surface area contributed by atoms with E-state index in [9.17, 15) is 14.4 Å². The van der Waals surface area contributed by atoms with Gasteiger partial charge in [-0.1, -0.05) is 91.0 Å². The van der Waals surface area contributed by atoms with Gasteiger partial charge in [0.05, 0.1) is 25.6 Å². The first-order chi connectivity index (χ1) is 23.7. The van der Waals surface area contributed by atoms with Crippen molar-refractivity contribution >= 4 is 40.8 Å². The molecule has 3 heterocycles. The third kappa shape index (κ3) is 7.73. The molecule has 3 aromatic carbocycles. The molecule has 0 spiro atoms. The molecule has 1 aliphatic rings. The van der Waals surface area contributed by atoms with Crippen LogP contribution in [0.2, 0.25) is 0 Å². The Morgan fingerprint density at radius 3 is 2.02 bits per heavy atom. The average Bonchev–Trinajstić information content (AvgIpc) is 3.61. The summed E-state index contributed by atoms with van der Waals surface area (Å²) in [5, 5.41) is 5.64. The Bertz CT molecular complexity index is 1920. The van der Waals surface area contributed by atoms with Crippen molar-refractivity contribution in [2.45, 2.75) is 50.3 Å². The van der Waals surface area contributed by atoms with Gasteiger partial charge in [0.15, 0.2) is 35.0 Å². The van der Waals surface area contributed by atoms with Gasteiger partial charge in [-0.3, -0.25) is 24.3 Å². The van der Waals surface area contributed by atoms with Crippen LogP contribution in [0.3, 0.4) is 0 Å². The van der Waals surface area contributed by atoms with E-state index in [1.807, 2.05) is 54.6 Å². The summed E-state index contributed by atoms with van der Waals surface area (Å²) in [6.07, 6.45) is -2.73. The quantitative estimate of drug-likeness (QED) is 0.181. The first kappa shape index (κ1) is 33.2. The van der Waals surface area contributed by atoms with E-state index in [-0.39, 0.29) is 49.2 Å². The fourth-order valence-electron chi connectivity index (χ4n) is 5.73. The van der Waals surface area contributed by atoms with Gasteiger partial charge >= 0.3 is 11.9 Å². The number of ether oxygens (including phenoxy) is 3. The number of hydrogen-bond acceptors (Lipinski definition) is 10. The number of halogens is 1. The number of benzene rings is 3. The number of esters is 2. The molecule has 252 valence electrons. The zero-order valence-electron chi connectivity index (χ0n) is 26.9. The monoisotopic (exact) mass is 666 g/mol. The third-order valence-electron chi connectivity index (χ3n) is 8.10. The molecule has 2 aromatic heterocycles. The predicted octanol–water partition coefficient (Wildman–Crippen LogP) is 4.62. The summed E-state index contributed by atoms with van der Waals surface area (Å²) < 4.78 is 35.9. The topological polar surface area (TPSA) is 147 Å². The number of fused-ring (bicyclic) bond motifs is 1. The number of nitrogens with zero attached hydrogens (tertiary/aromatic N) is 4. The molecular formula is C36H35FN6O6. The fourth-order valence-corrected chi connectivity index (χ4v) is 5.73. The lowest BCUT2D eigenvalue weighted by Gasteiger charge is -2.27. The summed E-state index contributed by atoms with van der Waals surface area (Å²) in [6, 6.07) is 27.1. The van der Waals surface area contributed by atoms with Gasteiger partial charge in [-0.2, -0.15) is 9.97 Å². The van der Waals surface area contributed by atoms with Crippen LogP contribution in [0.25, 0.3) is 11.2 Å². The minimum absolute atomic E-state index is 0.00299. The van der Waals surface area contributed by atoms with Crippen molar-refractivity contribution in [1.29, 1.82) is 0 Å². The van der Waals surface area contributed by atoms with Crippen LogP contribution < -0.4 is 10.6 Å². The second kappa shape index (κ2) is 14.6. The molecule has 6 rings (SSSR count). The zero-order chi connectivity index (χ0) is 34.4. The lowest BCUT2D eigenvalue weighted by molar-refractivity contribution is -0.160. The zero-order valence-corrected chi connectivity index (χ0v) is 26.9. The molecule has 1 aliphatic heterocycles. The number of nitrogens with one attached hydrogen (secondary N) is 2. The summed E-state index contributed by atoms with van der Waals surface area (Å²) in [5.41, 5.74) is 0.329. The maximum Gasteiger partial charge on any atom is 0.310 e. The molecule has 2 N–H and O–H groups in total. The van der Waals surface area contributed by atoms with Gasteiger partial charge in [-0.25, -0.2) is 9.37 Å². The van der Waals surface area contributed by atoms with E-state index in [0.29, 0.717) is 11.1 Å². The average molecular weight is 667 g/mol. The molecule has 0 radical (unpaired) electrons. The van der Waals surface area contributed by atoms with E-state index in [1.165, 1.54) is 17.8 Å². The van der Waals surface area contributed by atoms with Crippen molar-refractivity contribution in [1.82, 2.24) is 19.5 Å². The number of rotatable bonds is 12. The number of carbonyl (C=O) groups is 3. The van der Waals surface area contributed by atoms with Crippen LogP contribution in [0.5, 0.6) is 0 Å². The molecule has 0 unspecified atom stereocenters. The van der Waals surface area contributed by atoms with Gasteiger partial charge in [0.25, 0.3) is 0 Å². The summed E-state index contributed by atoms with van der Waals surface area (Å²) in [5.74, 6) is -1.33. The summed E-state index contributed by atoms with van der Waals surface area (Å²) in [4.78, 5) is 52.0. The Kier molecular flexibility index (Phi) is 9.90. The second-order valence-corrected chi connectivity index (χ2v) is 11.8. The smallest absolute Gasteiger partial charge is 0.310 e. The van der Waals surface area contributed by atoms with Gasteiger partial charge < -0.3 is 19.5 Å². The number of alkyl halides is 1. The maximum atomic E-state index is 17.1. The number of carbonyl (C=O) groups excluding carboxylic acids is 3. The molecule has 1 amide bonds. The highest BCUT2D eigenvalue weighted by atomic mass is 19.1. The van der Waals surface area contributed by atoms with Crippen LogP contribution in [0.15, 0.2) is 97.3 Å². The predicted molar refractivity (Wildman–Crippen MR) is 178 cm³/mol. The first-order valence-electron chi connectivity index (χ1n) is 15.7. The number of hydrogen-bond donors (Lipinski definition) is 2. The van der Waals surface area contributed by atoms with E-state index < -0.39 is 36.0 Å². The van der Waals surface area contributed by atoms with E-state index in [4.69, 9.17) is 14.2 Å². The number of amides is 1. The molecule has 0 bridgehead atoms. The van der Waals surface area contributed by atoms with E-state index in [0.717, 1.165) is 11.1 Å². The minimum atomic E-state index is -2.35. The van der Waals surface area contributed by atoms with Gasteiger partial charge in [0.1, 0.15) is 12.7 Å². The van der Waals surface area contributed by atoms with Crippen molar-refractivity contribution in [3.05, 3.63) is 114 Å². The van der Waals surface area contributed by atoms with E-state index >= 15 is 4.39 Å². The van der Waals surface area contributed by atoms with Crippen LogP contribution in [0.4, 0.5) is 16.2 Å². The molecule has 12 nitrogen and oxygen atoms in total. The molecule has 13 heteroatoms. The molecule has 0 aliphatic carbocycles. The standard InChI is InChI=1S/C36H35FN6O6/c1-36(37)31(49-29(46)20-25-16-10-5-11-17-25)26(21-47-28(45)19-24-14-8-4-9-15-24)48-34(36)43-22-39-30-32(38-2)41-35(42-33(30)43)40-27(44)18-23-12-6-3-7-13-23/h3-17,22,26,31,34H,18-21H2,1-2H3,(H2,38,40,41,42,44)/t26-,31-,34-,36-/m1/s1. The van der Waals surface area contributed by atoms with Gasteiger partial charge in [0.2, 0.25) is 11.9 Å². The first-order valence-corrected chi connectivity index (χ1v) is 15.7. The van der Waals surface area contributed by atoms with E-state index in [1.54, 1.807) is 43.4 Å². The van der Waals surface area contributed by atoms with Crippen molar-refractivity contribution in [2.24, 2.45) is 0 Å². The number of aromatic nitrogens is 4. The SMILES string of the molecule is CNc1nc(NC(=O)Cc2ccccc2)nc2c1ncn2[C@@H]1O[C@H](COC(=O)Cc2ccccc2)[C@@H](OC(=O)Cc2ccccc2)[C@@]1(C)F. The summed E-state index contributed by atoms with van der Waals surface area (Å²) in [6.45, 7) is 0.869. The molecule has 49 heavy (non-hydrogen) atoms. The highest BCUT2D eigenvalue weighted by molar-refractivity contribution is 5.92. The Morgan fingerprint density at radius 2 is 1.43 bits per heavy atom. The third-order valence-corrected chi connectivity index (χ3v) is 8.10. The maximum absolute atomic E-state index is 17.1. The normalized spacial score (nSPS) is 20.1. The lowest BCUT2D eigenvalue weighted by atomic mass is 9.98. The van der Waals surface area contributed by atoms with Gasteiger partial charge in [-0.05, 0) is 23.6 Å². The molecule has 1 fully saturated rings. The number of anilines is 2. The van der Waals surface area contributed by atoms with Crippen LogP contribution >= 0.6 is 0 Å². The minimum Gasteiger partial charge on any atom is -0.463 e.